The van der Waals surface area contributed by atoms with Gasteiger partial charge >= 0.3 is 0 Å². The molecule has 1 rings (SSSR count). The number of carbonyl (C=O) groups is 1. The molecule has 0 spiro atoms. The third-order valence-corrected chi connectivity index (χ3v) is 4.83. The quantitative estimate of drug-likeness (QED) is 0.200. The van der Waals surface area contributed by atoms with Crippen molar-refractivity contribution in [2.75, 3.05) is 32.5 Å². The summed E-state index contributed by atoms with van der Waals surface area (Å²) >= 11 is 1.78. The summed E-state index contributed by atoms with van der Waals surface area (Å²) in [5, 5.41) is 9.41. The predicted molar refractivity (Wildman–Crippen MR) is 130 cm³/mol. The fourth-order valence-corrected chi connectivity index (χ4v) is 3.30. The largest absolute Gasteiger partial charge is 0.496 e. The summed E-state index contributed by atoms with van der Waals surface area (Å²) in [6, 6.07) is 8.04. The monoisotopic (exact) mass is 522 g/mol. The van der Waals surface area contributed by atoms with Gasteiger partial charge in [-0.25, -0.2) is 4.99 Å². The van der Waals surface area contributed by atoms with Gasteiger partial charge in [0.25, 0.3) is 0 Å². The zero-order chi connectivity index (χ0) is 20.3. The molecule has 0 fully saturated rings. The van der Waals surface area contributed by atoms with Crippen LogP contribution >= 0.6 is 35.7 Å². The number of amides is 1. The van der Waals surface area contributed by atoms with E-state index in [9.17, 15) is 4.79 Å². The lowest BCUT2D eigenvalue weighted by atomic mass is 10.1. The maximum absolute atomic E-state index is 11.9. The van der Waals surface area contributed by atoms with Gasteiger partial charge in [-0.15, -0.1) is 35.7 Å². The minimum Gasteiger partial charge on any atom is -0.496 e. The van der Waals surface area contributed by atoms with E-state index in [0.717, 1.165) is 29.5 Å². The molecule has 1 aromatic rings. The minimum atomic E-state index is -0.247. The van der Waals surface area contributed by atoms with E-state index in [1.807, 2.05) is 45.9 Å². The molecule has 6 nitrogen and oxygen atoms in total. The molecule has 8 heteroatoms. The van der Waals surface area contributed by atoms with E-state index in [0.29, 0.717) is 11.9 Å². The Hall–Kier alpha value is -1.16. The molecule has 0 bridgehead atoms. The molecular weight excluding hydrogens is 487 g/mol. The Morgan fingerprint density at radius 3 is 2.54 bits per heavy atom. The lowest BCUT2D eigenvalue weighted by Crippen LogP contribution is -2.43. The smallest absolute Gasteiger partial charge is 0.242 e. The van der Waals surface area contributed by atoms with Crippen LogP contribution in [0.3, 0.4) is 0 Å². The van der Waals surface area contributed by atoms with Gasteiger partial charge in [0.1, 0.15) is 12.3 Å². The molecule has 160 valence electrons. The van der Waals surface area contributed by atoms with Gasteiger partial charge in [0.15, 0.2) is 5.96 Å². The number of hydrogen-bond donors (Lipinski definition) is 3. The summed E-state index contributed by atoms with van der Waals surface area (Å²) < 4.78 is 5.39. The number of guanidine groups is 1. The lowest BCUT2D eigenvalue weighted by molar-refractivity contribution is -0.121. The first-order chi connectivity index (χ1) is 12.7. The van der Waals surface area contributed by atoms with E-state index in [4.69, 9.17) is 4.74 Å². The third-order valence-electron chi connectivity index (χ3n) is 3.45. The Kier molecular flexibility index (Phi) is 13.3. The van der Waals surface area contributed by atoms with Crippen LogP contribution in [-0.2, 0) is 4.79 Å². The Morgan fingerprint density at radius 2 is 1.93 bits per heavy atom. The molecule has 0 saturated heterocycles. The number of hydrogen-bond acceptors (Lipinski definition) is 4. The molecular formula is C20H35IN4O2S. The van der Waals surface area contributed by atoms with Crippen molar-refractivity contribution in [3.05, 3.63) is 24.3 Å². The minimum absolute atomic E-state index is 0. The van der Waals surface area contributed by atoms with Crippen LogP contribution in [-0.4, -0.2) is 49.9 Å². The van der Waals surface area contributed by atoms with E-state index >= 15 is 0 Å². The van der Waals surface area contributed by atoms with Gasteiger partial charge in [-0.3, -0.25) is 4.79 Å². The van der Waals surface area contributed by atoms with Gasteiger partial charge in [0, 0.05) is 29.3 Å². The average Bonchev–Trinajstić information content (AvgIpc) is 2.61. The van der Waals surface area contributed by atoms with Crippen LogP contribution in [0.1, 0.15) is 34.6 Å². The van der Waals surface area contributed by atoms with Crippen molar-refractivity contribution >= 4 is 47.6 Å². The Bertz CT molecular complexity index is 620. The average molecular weight is 522 g/mol. The molecule has 28 heavy (non-hydrogen) atoms. The van der Waals surface area contributed by atoms with Crippen LogP contribution in [0.15, 0.2) is 34.2 Å². The molecule has 0 heterocycles. The highest BCUT2D eigenvalue weighted by molar-refractivity contribution is 14.0. The molecule has 0 saturated carbocycles. The second kappa shape index (κ2) is 13.9. The van der Waals surface area contributed by atoms with Crippen LogP contribution in [0.4, 0.5) is 0 Å². The van der Waals surface area contributed by atoms with Crippen molar-refractivity contribution in [3.8, 4) is 5.75 Å². The fraction of sp³-hybridized carbons (Fsp3) is 0.600. The number of nitrogens with zero attached hydrogens (tertiary/aromatic N) is 1. The first-order valence-corrected chi connectivity index (χ1v) is 10.3. The molecule has 3 N–H and O–H groups in total. The van der Waals surface area contributed by atoms with Crippen molar-refractivity contribution < 1.29 is 9.53 Å². The van der Waals surface area contributed by atoms with Gasteiger partial charge in [0.05, 0.1) is 7.11 Å². The summed E-state index contributed by atoms with van der Waals surface area (Å²) in [5.41, 5.74) is -0.247. The van der Waals surface area contributed by atoms with Gasteiger partial charge in [-0.1, -0.05) is 19.1 Å². The van der Waals surface area contributed by atoms with E-state index in [1.165, 1.54) is 0 Å². The van der Waals surface area contributed by atoms with E-state index in [-0.39, 0.29) is 42.0 Å². The summed E-state index contributed by atoms with van der Waals surface area (Å²) in [4.78, 5) is 17.5. The molecule has 0 radical (unpaired) electrons. The molecule has 1 amide bonds. The van der Waals surface area contributed by atoms with Crippen LogP contribution in [0.2, 0.25) is 0 Å². The van der Waals surface area contributed by atoms with Crippen molar-refractivity contribution in [1.29, 1.82) is 0 Å². The number of para-hydroxylation sites is 1. The van der Waals surface area contributed by atoms with Crippen molar-refractivity contribution in [2.45, 2.75) is 45.1 Å². The van der Waals surface area contributed by atoms with Crippen molar-refractivity contribution in [2.24, 2.45) is 10.9 Å². The Morgan fingerprint density at radius 1 is 1.25 bits per heavy atom. The zero-order valence-electron chi connectivity index (χ0n) is 17.8. The van der Waals surface area contributed by atoms with Gasteiger partial charge in [0.2, 0.25) is 5.91 Å². The Balaban J connectivity index is 0.00000729. The zero-order valence-corrected chi connectivity index (χ0v) is 20.9. The van der Waals surface area contributed by atoms with Crippen molar-refractivity contribution in [3.63, 3.8) is 0 Å². The molecule has 1 aromatic carbocycles. The first-order valence-electron chi connectivity index (χ1n) is 9.34. The van der Waals surface area contributed by atoms with E-state index in [2.05, 4.69) is 33.9 Å². The van der Waals surface area contributed by atoms with Gasteiger partial charge in [-0.2, -0.15) is 0 Å². The number of methoxy groups -OCH3 is 1. The number of rotatable bonds is 9. The highest BCUT2D eigenvalue weighted by Gasteiger charge is 2.13. The molecule has 0 aliphatic heterocycles. The maximum Gasteiger partial charge on any atom is 0.242 e. The van der Waals surface area contributed by atoms with Crippen LogP contribution in [0.5, 0.6) is 5.75 Å². The second-order valence-electron chi connectivity index (χ2n) is 7.44. The lowest BCUT2D eigenvalue weighted by Gasteiger charge is -2.20. The number of carbonyl (C=O) groups excluding carboxylic acids is 1. The van der Waals surface area contributed by atoms with E-state index in [1.54, 1.807) is 18.9 Å². The Labute approximate surface area is 191 Å². The summed E-state index contributed by atoms with van der Waals surface area (Å²) in [5.74, 6) is 2.86. The van der Waals surface area contributed by atoms with Crippen LogP contribution in [0.25, 0.3) is 0 Å². The topological polar surface area (TPSA) is 74.8 Å². The van der Waals surface area contributed by atoms with Crippen LogP contribution in [0, 0.1) is 5.92 Å². The summed E-state index contributed by atoms with van der Waals surface area (Å²) in [6.45, 7) is 11.7. The molecule has 0 aliphatic rings. The highest BCUT2D eigenvalue weighted by atomic mass is 127. The van der Waals surface area contributed by atoms with Gasteiger partial charge < -0.3 is 20.7 Å². The maximum atomic E-state index is 11.9. The number of benzene rings is 1. The number of aliphatic imine (C=N–C) groups is 1. The third kappa shape index (κ3) is 11.6. The summed E-state index contributed by atoms with van der Waals surface area (Å²) in [7, 11) is 1.69. The molecule has 1 unspecified atom stereocenters. The van der Waals surface area contributed by atoms with Crippen LogP contribution < -0.4 is 20.7 Å². The molecule has 0 aliphatic carbocycles. The number of thioether (sulfide) groups is 1. The second-order valence-corrected chi connectivity index (χ2v) is 8.50. The standard InChI is InChI=1S/C20H34N4O2S.HI/c1-7-21-19(23-13-18(25)24-20(3,4)5)22-12-15(2)14-27-17-11-9-8-10-16(17)26-6;/h8-11,15H,7,12-14H2,1-6H3,(H,24,25)(H2,21,22,23);1H. The molecule has 1 atom stereocenters. The van der Waals surface area contributed by atoms with Crippen molar-refractivity contribution in [1.82, 2.24) is 16.0 Å². The fourth-order valence-electron chi connectivity index (χ4n) is 2.25. The number of halogens is 1. The molecule has 0 aromatic heterocycles. The van der Waals surface area contributed by atoms with Gasteiger partial charge in [-0.05, 0) is 45.7 Å². The number of nitrogens with one attached hydrogen (secondary N) is 3. The normalized spacial score (nSPS) is 12.6. The SMILES string of the molecule is CCNC(=NCC(=O)NC(C)(C)C)NCC(C)CSc1ccccc1OC.I. The predicted octanol–water partition coefficient (Wildman–Crippen LogP) is 3.51. The number of ether oxygens (including phenoxy) is 1. The highest BCUT2D eigenvalue weighted by Crippen LogP contribution is 2.29. The van der Waals surface area contributed by atoms with E-state index < -0.39 is 0 Å². The summed E-state index contributed by atoms with van der Waals surface area (Å²) in [6.07, 6.45) is 0. The first kappa shape index (κ1) is 26.8.